The van der Waals surface area contributed by atoms with Crippen molar-refractivity contribution in [3.63, 3.8) is 0 Å². The Kier molecular flexibility index (Phi) is 9.11. The molecule has 0 aliphatic heterocycles. The fraction of sp³-hybridized carbons (Fsp3) is 0.727. The van der Waals surface area contributed by atoms with Gasteiger partial charge in [0.25, 0.3) is 0 Å². The average Bonchev–Trinajstić information content (AvgIpc) is 2.26. The second-order valence-electron chi connectivity index (χ2n) is 2.90. The number of hydrogen-bond donors (Lipinski definition) is 0. The Bertz CT molecular complexity index is 189. The van der Waals surface area contributed by atoms with E-state index in [1.54, 1.807) is 0 Å². The van der Waals surface area contributed by atoms with Gasteiger partial charge in [0.2, 0.25) is 0 Å². The summed E-state index contributed by atoms with van der Waals surface area (Å²) in [5.41, 5.74) is 0.490. The first-order chi connectivity index (χ1) is 7.22. The van der Waals surface area contributed by atoms with Crippen LogP contribution in [0.5, 0.6) is 0 Å². The van der Waals surface area contributed by atoms with E-state index >= 15 is 0 Å². The first-order valence-electron chi connectivity index (χ1n) is 5.22. The Labute approximate surface area is 91.2 Å². The van der Waals surface area contributed by atoms with Crippen LogP contribution in [-0.2, 0) is 19.0 Å². The quantitative estimate of drug-likeness (QED) is 0.333. The van der Waals surface area contributed by atoms with E-state index in [0.29, 0.717) is 38.4 Å². The molecule has 0 rings (SSSR count). The van der Waals surface area contributed by atoms with Crippen molar-refractivity contribution in [3.05, 3.63) is 12.2 Å². The zero-order valence-corrected chi connectivity index (χ0v) is 9.58. The van der Waals surface area contributed by atoms with Gasteiger partial charge in [-0.3, -0.25) is 0 Å². The van der Waals surface area contributed by atoms with Crippen LogP contribution in [0.15, 0.2) is 12.2 Å². The standard InChI is InChI=1S/C11H20O4/c1-4-10(3)11(12)15-9-8-14-7-6-13-5-2/h3-9H2,1-2H3. The highest BCUT2D eigenvalue weighted by molar-refractivity contribution is 5.87. The molecule has 0 amide bonds. The Hall–Kier alpha value is -0.870. The molecule has 0 saturated carbocycles. The molecule has 0 spiro atoms. The van der Waals surface area contributed by atoms with Crippen LogP contribution in [0.4, 0.5) is 0 Å². The lowest BCUT2D eigenvalue weighted by molar-refractivity contribution is -0.140. The molecule has 4 nitrogen and oxygen atoms in total. The molecule has 0 aliphatic carbocycles. The molecule has 0 fully saturated rings. The molecule has 0 bridgehead atoms. The Morgan fingerprint density at radius 3 is 2.27 bits per heavy atom. The normalized spacial score (nSPS) is 10.0. The summed E-state index contributed by atoms with van der Waals surface area (Å²) in [5.74, 6) is -0.342. The maximum absolute atomic E-state index is 11.1. The monoisotopic (exact) mass is 216 g/mol. The lowest BCUT2D eigenvalue weighted by Crippen LogP contribution is -2.13. The summed E-state index contributed by atoms with van der Waals surface area (Å²) < 4.78 is 15.1. The summed E-state index contributed by atoms with van der Waals surface area (Å²) in [4.78, 5) is 11.1. The Balaban J connectivity index is 3.24. The van der Waals surface area contributed by atoms with Gasteiger partial charge < -0.3 is 14.2 Å². The predicted octanol–water partition coefficient (Wildman–Crippen LogP) is 1.55. The van der Waals surface area contributed by atoms with Crippen LogP contribution in [0.25, 0.3) is 0 Å². The lowest BCUT2D eigenvalue weighted by Gasteiger charge is -2.06. The van der Waals surface area contributed by atoms with Crippen LogP contribution in [0, 0.1) is 0 Å². The number of ether oxygens (including phenoxy) is 3. The fourth-order valence-corrected chi connectivity index (χ4v) is 0.804. The Morgan fingerprint density at radius 1 is 1.07 bits per heavy atom. The van der Waals surface area contributed by atoms with Gasteiger partial charge in [0.05, 0.1) is 19.8 Å². The molecule has 0 heterocycles. The molecule has 0 N–H and O–H groups in total. The third kappa shape index (κ3) is 8.15. The molecule has 0 saturated heterocycles. The van der Waals surface area contributed by atoms with E-state index in [-0.39, 0.29) is 12.6 Å². The molecule has 4 heteroatoms. The SMILES string of the molecule is C=C(CC)C(=O)OCCOCCOCC. The van der Waals surface area contributed by atoms with Gasteiger partial charge in [-0.05, 0) is 13.3 Å². The lowest BCUT2D eigenvalue weighted by atomic mass is 10.2. The summed E-state index contributed by atoms with van der Waals surface area (Å²) in [5, 5.41) is 0. The highest BCUT2D eigenvalue weighted by Crippen LogP contribution is 1.98. The third-order valence-corrected chi connectivity index (χ3v) is 1.75. The van der Waals surface area contributed by atoms with Gasteiger partial charge in [0.1, 0.15) is 6.61 Å². The first kappa shape index (κ1) is 14.1. The van der Waals surface area contributed by atoms with Crippen molar-refractivity contribution in [2.75, 3.05) is 33.0 Å². The maximum Gasteiger partial charge on any atom is 0.333 e. The smallest absolute Gasteiger partial charge is 0.333 e. The van der Waals surface area contributed by atoms with Crippen LogP contribution in [0.2, 0.25) is 0 Å². The number of carbonyl (C=O) groups excluding carboxylic acids is 1. The van der Waals surface area contributed by atoms with Crippen molar-refractivity contribution in [2.45, 2.75) is 20.3 Å². The number of esters is 1. The summed E-state index contributed by atoms with van der Waals surface area (Å²) in [6.07, 6.45) is 0.615. The van der Waals surface area contributed by atoms with Gasteiger partial charge in [-0.1, -0.05) is 13.5 Å². The van der Waals surface area contributed by atoms with Gasteiger partial charge in [-0.2, -0.15) is 0 Å². The van der Waals surface area contributed by atoms with Crippen molar-refractivity contribution in [2.24, 2.45) is 0 Å². The van der Waals surface area contributed by atoms with Gasteiger partial charge in [0, 0.05) is 12.2 Å². The molecule has 0 aromatic heterocycles. The van der Waals surface area contributed by atoms with E-state index in [1.165, 1.54) is 0 Å². The molecular formula is C11H20O4. The largest absolute Gasteiger partial charge is 0.460 e. The molecule has 15 heavy (non-hydrogen) atoms. The molecule has 88 valence electrons. The van der Waals surface area contributed by atoms with Gasteiger partial charge in [0.15, 0.2) is 0 Å². The van der Waals surface area contributed by atoms with Gasteiger partial charge in [-0.25, -0.2) is 4.79 Å². The zero-order valence-electron chi connectivity index (χ0n) is 9.58. The summed E-state index contributed by atoms with van der Waals surface area (Å²) in [6.45, 7) is 9.83. The van der Waals surface area contributed by atoms with Crippen LogP contribution in [0.3, 0.4) is 0 Å². The predicted molar refractivity (Wildman–Crippen MR) is 57.7 cm³/mol. The van der Waals surface area contributed by atoms with Crippen molar-refractivity contribution in [1.82, 2.24) is 0 Å². The van der Waals surface area contributed by atoms with E-state index < -0.39 is 0 Å². The van der Waals surface area contributed by atoms with Crippen LogP contribution in [-0.4, -0.2) is 39.0 Å². The summed E-state index contributed by atoms with van der Waals surface area (Å²) >= 11 is 0. The first-order valence-corrected chi connectivity index (χ1v) is 5.22. The number of carbonyl (C=O) groups is 1. The highest BCUT2D eigenvalue weighted by Gasteiger charge is 2.04. The van der Waals surface area contributed by atoms with E-state index in [1.807, 2.05) is 13.8 Å². The van der Waals surface area contributed by atoms with Crippen LogP contribution in [0.1, 0.15) is 20.3 Å². The minimum atomic E-state index is -0.342. The zero-order chi connectivity index (χ0) is 11.5. The molecular weight excluding hydrogens is 196 g/mol. The molecule has 0 aromatic carbocycles. The number of hydrogen-bond acceptors (Lipinski definition) is 4. The van der Waals surface area contributed by atoms with E-state index in [4.69, 9.17) is 14.2 Å². The van der Waals surface area contributed by atoms with Crippen molar-refractivity contribution >= 4 is 5.97 Å². The fourth-order valence-electron chi connectivity index (χ4n) is 0.804. The van der Waals surface area contributed by atoms with Crippen LogP contribution >= 0.6 is 0 Å². The van der Waals surface area contributed by atoms with Crippen molar-refractivity contribution in [1.29, 1.82) is 0 Å². The molecule has 0 radical (unpaired) electrons. The summed E-state index contributed by atoms with van der Waals surface area (Å²) in [6, 6.07) is 0. The second-order valence-corrected chi connectivity index (χ2v) is 2.90. The average molecular weight is 216 g/mol. The van der Waals surface area contributed by atoms with Crippen molar-refractivity contribution < 1.29 is 19.0 Å². The van der Waals surface area contributed by atoms with Crippen molar-refractivity contribution in [3.8, 4) is 0 Å². The minimum absolute atomic E-state index is 0.268. The summed E-state index contributed by atoms with van der Waals surface area (Å²) in [7, 11) is 0. The molecule has 0 aromatic rings. The van der Waals surface area contributed by atoms with Gasteiger partial charge >= 0.3 is 5.97 Å². The second kappa shape index (κ2) is 9.68. The molecule has 0 unspecified atom stereocenters. The Morgan fingerprint density at radius 2 is 1.67 bits per heavy atom. The van der Waals surface area contributed by atoms with E-state index in [9.17, 15) is 4.79 Å². The maximum atomic E-state index is 11.1. The third-order valence-electron chi connectivity index (χ3n) is 1.75. The highest BCUT2D eigenvalue weighted by atomic mass is 16.6. The minimum Gasteiger partial charge on any atom is -0.460 e. The van der Waals surface area contributed by atoms with Gasteiger partial charge in [-0.15, -0.1) is 0 Å². The topological polar surface area (TPSA) is 44.8 Å². The van der Waals surface area contributed by atoms with Crippen LogP contribution < -0.4 is 0 Å². The van der Waals surface area contributed by atoms with E-state index in [0.717, 1.165) is 0 Å². The molecule has 0 atom stereocenters. The molecule has 0 aliphatic rings. The van der Waals surface area contributed by atoms with E-state index in [2.05, 4.69) is 6.58 Å². The number of rotatable bonds is 9.